The fourth-order valence-electron chi connectivity index (χ4n) is 3.00. The molecule has 0 amide bonds. The first kappa shape index (κ1) is 19.2. The van der Waals surface area contributed by atoms with Gasteiger partial charge in [0.2, 0.25) is 0 Å². The van der Waals surface area contributed by atoms with Crippen molar-refractivity contribution in [3.05, 3.63) is 84.2 Å². The molecule has 29 heavy (non-hydrogen) atoms. The van der Waals surface area contributed by atoms with Crippen LogP contribution in [0, 0.1) is 13.8 Å². The van der Waals surface area contributed by atoms with E-state index in [9.17, 15) is 0 Å². The van der Waals surface area contributed by atoms with Crippen LogP contribution in [-0.4, -0.2) is 32.1 Å². The first-order chi connectivity index (χ1) is 14.2. The Morgan fingerprint density at radius 2 is 1.76 bits per heavy atom. The zero-order valence-corrected chi connectivity index (χ0v) is 17.3. The summed E-state index contributed by atoms with van der Waals surface area (Å²) in [6.45, 7) is 4.76. The summed E-state index contributed by atoms with van der Waals surface area (Å²) in [7, 11) is 0. The first-order valence-corrected chi connectivity index (χ1v) is 10.4. The molecule has 146 valence electrons. The molecule has 2 aromatic carbocycles. The quantitative estimate of drug-likeness (QED) is 0.317. The van der Waals surface area contributed by atoms with Crippen molar-refractivity contribution in [1.29, 1.82) is 0 Å². The standard InChI is InChI=1S/C23H22N4OS/c1-17-9-11-20(12-10-17)28-14-15-29-23-26-25-22(19-7-5-13-24-16-19)27(23)21-8-4-3-6-18(21)2/h3-13,16H,14-15H2,1-2H3. The van der Waals surface area contributed by atoms with Crippen LogP contribution in [0.15, 0.2) is 78.2 Å². The summed E-state index contributed by atoms with van der Waals surface area (Å²) in [5, 5.41) is 9.76. The lowest BCUT2D eigenvalue weighted by Gasteiger charge is -2.13. The van der Waals surface area contributed by atoms with E-state index in [4.69, 9.17) is 4.74 Å². The van der Waals surface area contributed by atoms with Crippen LogP contribution in [0.4, 0.5) is 0 Å². The number of aromatic nitrogens is 4. The third kappa shape index (κ3) is 4.49. The van der Waals surface area contributed by atoms with Gasteiger partial charge in [0, 0.05) is 23.7 Å². The Bertz CT molecular complexity index is 1080. The van der Waals surface area contributed by atoms with Crippen LogP contribution in [0.1, 0.15) is 11.1 Å². The molecule has 0 radical (unpaired) electrons. The molecule has 0 saturated carbocycles. The Morgan fingerprint density at radius 1 is 0.931 bits per heavy atom. The lowest BCUT2D eigenvalue weighted by atomic mass is 10.2. The highest BCUT2D eigenvalue weighted by atomic mass is 32.2. The molecule has 2 aromatic heterocycles. The molecule has 0 aliphatic carbocycles. The Hall–Kier alpha value is -3.12. The Kier molecular flexibility index (Phi) is 5.91. The molecule has 0 atom stereocenters. The van der Waals surface area contributed by atoms with Crippen LogP contribution in [0.2, 0.25) is 0 Å². The molecular formula is C23H22N4OS. The minimum atomic E-state index is 0.594. The number of rotatable bonds is 7. The van der Waals surface area contributed by atoms with Crippen molar-refractivity contribution in [1.82, 2.24) is 19.7 Å². The predicted molar refractivity (Wildman–Crippen MR) is 117 cm³/mol. The van der Waals surface area contributed by atoms with E-state index in [1.165, 1.54) is 5.56 Å². The molecule has 0 saturated heterocycles. The lowest BCUT2D eigenvalue weighted by Crippen LogP contribution is -2.04. The van der Waals surface area contributed by atoms with Crippen molar-refractivity contribution in [3.63, 3.8) is 0 Å². The monoisotopic (exact) mass is 402 g/mol. The van der Waals surface area contributed by atoms with Crippen molar-refractivity contribution >= 4 is 11.8 Å². The van der Waals surface area contributed by atoms with Gasteiger partial charge in [0.1, 0.15) is 5.75 Å². The van der Waals surface area contributed by atoms with Crippen LogP contribution in [-0.2, 0) is 0 Å². The Labute approximate surface area is 174 Å². The van der Waals surface area contributed by atoms with E-state index >= 15 is 0 Å². The van der Waals surface area contributed by atoms with Crippen molar-refractivity contribution in [3.8, 4) is 22.8 Å². The number of hydrogen-bond donors (Lipinski definition) is 0. The molecule has 0 unspecified atom stereocenters. The average Bonchev–Trinajstić information content (AvgIpc) is 3.17. The van der Waals surface area contributed by atoms with Gasteiger partial charge in [0.05, 0.1) is 12.3 Å². The van der Waals surface area contributed by atoms with Crippen LogP contribution in [0.3, 0.4) is 0 Å². The van der Waals surface area contributed by atoms with Crippen molar-refractivity contribution in [2.75, 3.05) is 12.4 Å². The van der Waals surface area contributed by atoms with Crippen LogP contribution in [0.5, 0.6) is 5.75 Å². The van der Waals surface area contributed by atoms with Gasteiger partial charge in [0.15, 0.2) is 11.0 Å². The summed E-state index contributed by atoms with van der Waals surface area (Å²) in [4.78, 5) is 4.23. The second-order valence-electron chi connectivity index (χ2n) is 6.68. The SMILES string of the molecule is Cc1ccc(OCCSc2nnc(-c3cccnc3)n2-c2ccccc2C)cc1. The van der Waals surface area contributed by atoms with Gasteiger partial charge in [-0.05, 0) is 49.7 Å². The number of ether oxygens (including phenoxy) is 1. The average molecular weight is 403 g/mol. The summed E-state index contributed by atoms with van der Waals surface area (Å²) in [6.07, 6.45) is 3.57. The van der Waals surface area contributed by atoms with Gasteiger partial charge in [-0.25, -0.2) is 0 Å². The molecule has 0 bridgehead atoms. The summed E-state index contributed by atoms with van der Waals surface area (Å²) in [6, 6.07) is 20.3. The predicted octanol–water partition coefficient (Wildman–Crippen LogP) is 5.12. The molecule has 0 aliphatic heterocycles. The molecule has 0 fully saturated rings. The van der Waals surface area contributed by atoms with Crippen LogP contribution in [0.25, 0.3) is 17.1 Å². The van der Waals surface area contributed by atoms with Gasteiger partial charge in [-0.3, -0.25) is 9.55 Å². The van der Waals surface area contributed by atoms with Gasteiger partial charge < -0.3 is 4.74 Å². The highest BCUT2D eigenvalue weighted by molar-refractivity contribution is 7.99. The van der Waals surface area contributed by atoms with Crippen LogP contribution >= 0.6 is 11.8 Å². The van der Waals surface area contributed by atoms with Gasteiger partial charge in [-0.2, -0.15) is 0 Å². The van der Waals surface area contributed by atoms with Gasteiger partial charge in [0.25, 0.3) is 0 Å². The highest BCUT2D eigenvalue weighted by Crippen LogP contribution is 2.29. The number of para-hydroxylation sites is 1. The summed E-state index contributed by atoms with van der Waals surface area (Å²) in [5.74, 6) is 2.44. The van der Waals surface area contributed by atoms with E-state index in [0.717, 1.165) is 39.3 Å². The molecule has 4 rings (SSSR count). The van der Waals surface area contributed by atoms with Crippen molar-refractivity contribution in [2.24, 2.45) is 0 Å². The largest absolute Gasteiger partial charge is 0.493 e. The molecular weight excluding hydrogens is 380 g/mol. The third-order valence-electron chi connectivity index (χ3n) is 4.51. The van der Waals surface area contributed by atoms with Crippen molar-refractivity contribution in [2.45, 2.75) is 19.0 Å². The number of hydrogen-bond acceptors (Lipinski definition) is 5. The van der Waals surface area contributed by atoms with E-state index in [0.29, 0.717) is 6.61 Å². The molecule has 0 spiro atoms. The minimum Gasteiger partial charge on any atom is -0.493 e. The number of thioether (sulfide) groups is 1. The fourth-order valence-corrected chi connectivity index (χ4v) is 3.77. The molecule has 0 N–H and O–H groups in total. The zero-order chi connectivity index (χ0) is 20.1. The van der Waals surface area contributed by atoms with E-state index in [1.807, 2.05) is 42.6 Å². The Morgan fingerprint density at radius 3 is 2.52 bits per heavy atom. The summed E-state index contributed by atoms with van der Waals surface area (Å²) >= 11 is 1.63. The number of aryl methyl sites for hydroxylation is 2. The Balaban J connectivity index is 1.56. The minimum absolute atomic E-state index is 0.594. The molecule has 5 nitrogen and oxygen atoms in total. The maximum absolute atomic E-state index is 5.86. The van der Waals surface area contributed by atoms with Gasteiger partial charge >= 0.3 is 0 Å². The second-order valence-corrected chi connectivity index (χ2v) is 7.74. The van der Waals surface area contributed by atoms with E-state index < -0.39 is 0 Å². The van der Waals surface area contributed by atoms with E-state index in [2.05, 4.69) is 57.9 Å². The number of nitrogens with zero attached hydrogens (tertiary/aromatic N) is 4. The molecule has 2 heterocycles. The fraction of sp³-hybridized carbons (Fsp3) is 0.174. The normalized spacial score (nSPS) is 10.8. The number of benzene rings is 2. The smallest absolute Gasteiger partial charge is 0.196 e. The van der Waals surface area contributed by atoms with Gasteiger partial charge in [-0.15, -0.1) is 10.2 Å². The van der Waals surface area contributed by atoms with Crippen LogP contribution < -0.4 is 4.74 Å². The van der Waals surface area contributed by atoms with Gasteiger partial charge in [-0.1, -0.05) is 47.7 Å². The highest BCUT2D eigenvalue weighted by Gasteiger charge is 2.17. The topological polar surface area (TPSA) is 52.8 Å². The van der Waals surface area contributed by atoms with E-state index in [-0.39, 0.29) is 0 Å². The zero-order valence-electron chi connectivity index (χ0n) is 16.4. The third-order valence-corrected chi connectivity index (χ3v) is 5.41. The second kappa shape index (κ2) is 8.92. The maximum Gasteiger partial charge on any atom is 0.196 e. The molecule has 0 aliphatic rings. The first-order valence-electron chi connectivity index (χ1n) is 9.46. The van der Waals surface area contributed by atoms with Crippen molar-refractivity contribution < 1.29 is 4.74 Å². The maximum atomic E-state index is 5.86. The lowest BCUT2D eigenvalue weighted by molar-refractivity contribution is 0.344. The summed E-state index contributed by atoms with van der Waals surface area (Å²) < 4.78 is 7.96. The number of pyridine rings is 1. The molecule has 6 heteroatoms. The summed E-state index contributed by atoms with van der Waals surface area (Å²) in [5.41, 5.74) is 4.39. The molecule has 4 aromatic rings. The van der Waals surface area contributed by atoms with E-state index in [1.54, 1.807) is 18.0 Å².